The van der Waals surface area contributed by atoms with Gasteiger partial charge < -0.3 is 9.73 Å². The number of nitrogens with one attached hydrogen (secondary N) is 1. The van der Waals surface area contributed by atoms with Gasteiger partial charge in [-0.05, 0) is 37.6 Å². The minimum absolute atomic E-state index is 0.0133. The number of oxazole rings is 1. The molecule has 0 spiro atoms. The third-order valence-electron chi connectivity index (χ3n) is 2.96. The summed E-state index contributed by atoms with van der Waals surface area (Å²) in [6, 6.07) is 7.52. The summed E-state index contributed by atoms with van der Waals surface area (Å²) < 4.78 is 5.62. The van der Waals surface area contributed by atoms with Crippen LogP contribution in [0.2, 0.25) is 5.02 Å². The zero-order valence-corrected chi connectivity index (χ0v) is 13.5. The first-order valence-electron chi connectivity index (χ1n) is 6.72. The van der Waals surface area contributed by atoms with Crippen molar-refractivity contribution in [2.24, 2.45) is 0 Å². The second-order valence-corrected chi connectivity index (χ2v) is 6.03. The van der Waals surface area contributed by atoms with Gasteiger partial charge in [-0.15, -0.1) is 0 Å². The van der Waals surface area contributed by atoms with Gasteiger partial charge in [-0.3, -0.25) is 4.79 Å². The number of nitrogens with zero attached hydrogens (tertiary/aromatic N) is 1. The maximum atomic E-state index is 11.7. The van der Waals surface area contributed by atoms with Gasteiger partial charge >= 0.3 is 0 Å². The number of carbonyl (C=O) groups excluding carboxylic acids is 1. The number of hydrogen-bond donors (Lipinski definition) is 1. The summed E-state index contributed by atoms with van der Waals surface area (Å²) >= 11 is 7.13. The van der Waals surface area contributed by atoms with Crippen LogP contribution in [0, 0.1) is 0 Å². The van der Waals surface area contributed by atoms with Crippen LogP contribution in [0.5, 0.6) is 0 Å². The third-order valence-corrected chi connectivity index (χ3v) is 4.05. The summed E-state index contributed by atoms with van der Waals surface area (Å²) in [5, 5.41) is 4.06. The standard InChI is InChI=1S/C15H17ClN2O2S/c1-3-10(2)18-14(19)9-21-15-17-8-13(20-15)11-4-6-12(16)7-5-11/h4-8,10H,3,9H2,1-2H3,(H,18,19). The molecule has 1 aromatic carbocycles. The summed E-state index contributed by atoms with van der Waals surface area (Å²) in [7, 11) is 0. The van der Waals surface area contributed by atoms with Crippen LogP contribution in [0.15, 0.2) is 40.1 Å². The van der Waals surface area contributed by atoms with Gasteiger partial charge in [0.1, 0.15) is 0 Å². The van der Waals surface area contributed by atoms with E-state index in [2.05, 4.69) is 10.3 Å². The minimum Gasteiger partial charge on any atom is -0.431 e. The first-order chi connectivity index (χ1) is 10.1. The van der Waals surface area contributed by atoms with E-state index in [0.717, 1.165) is 12.0 Å². The Bertz CT molecular complexity index is 598. The van der Waals surface area contributed by atoms with Crippen molar-refractivity contribution in [3.63, 3.8) is 0 Å². The maximum absolute atomic E-state index is 11.7. The van der Waals surface area contributed by atoms with Crippen LogP contribution in [0.4, 0.5) is 0 Å². The van der Waals surface area contributed by atoms with E-state index in [0.29, 0.717) is 21.8 Å². The molecule has 1 amide bonds. The quantitative estimate of drug-likeness (QED) is 0.816. The highest BCUT2D eigenvalue weighted by atomic mass is 35.5. The molecule has 0 saturated carbocycles. The number of benzene rings is 1. The van der Waals surface area contributed by atoms with E-state index < -0.39 is 0 Å². The van der Waals surface area contributed by atoms with Crippen LogP contribution in [0.1, 0.15) is 20.3 Å². The molecule has 2 rings (SSSR count). The Morgan fingerprint density at radius 2 is 2.14 bits per heavy atom. The summed E-state index contributed by atoms with van der Waals surface area (Å²) in [6.45, 7) is 4.01. The molecule has 2 aromatic rings. The second kappa shape index (κ2) is 7.52. The van der Waals surface area contributed by atoms with Crippen LogP contribution in [-0.2, 0) is 4.79 Å². The maximum Gasteiger partial charge on any atom is 0.256 e. The Labute approximate surface area is 133 Å². The Morgan fingerprint density at radius 3 is 2.81 bits per heavy atom. The zero-order valence-electron chi connectivity index (χ0n) is 11.9. The fraction of sp³-hybridized carbons (Fsp3) is 0.333. The molecule has 0 fully saturated rings. The smallest absolute Gasteiger partial charge is 0.256 e. The van der Waals surface area contributed by atoms with Crippen molar-refractivity contribution in [3.8, 4) is 11.3 Å². The Hall–Kier alpha value is -1.46. The van der Waals surface area contributed by atoms with Crippen molar-refractivity contribution < 1.29 is 9.21 Å². The van der Waals surface area contributed by atoms with E-state index in [1.165, 1.54) is 11.8 Å². The molecule has 4 nitrogen and oxygen atoms in total. The Kier molecular flexibility index (Phi) is 5.70. The number of hydrogen-bond acceptors (Lipinski definition) is 4. The molecule has 112 valence electrons. The van der Waals surface area contributed by atoms with Crippen molar-refractivity contribution in [1.82, 2.24) is 10.3 Å². The highest BCUT2D eigenvalue weighted by molar-refractivity contribution is 7.99. The van der Waals surface area contributed by atoms with Crippen molar-refractivity contribution in [2.45, 2.75) is 31.5 Å². The highest BCUT2D eigenvalue weighted by Crippen LogP contribution is 2.26. The van der Waals surface area contributed by atoms with Crippen molar-refractivity contribution in [2.75, 3.05) is 5.75 Å². The largest absolute Gasteiger partial charge is 0.431 e. The van der Waals surface area contributed by atoms with Crippen LogP contribution in [0.3, 0.4) is 0 Å². The molecule has 1 atom stereocenters. The lowest BCUT2D eigenvalue weighted by Gasteiger charge is -2.09. The van der Waals surface area contributed by atoms with Gasteiger partial charge in [0.25, 0.3) is 5.22 Å². The molecule has 6 heteroatoms. The van der Waals surface area contributed by atoms with E-state index in [9.17, 15) is 4.79 Å². The van der Waals surface area contributed by atoms with E-state index in [1.54, 1.807) is 18.3 Å². The van der Waals surface area contributed by atoms with E-state index in [-0.39, 0.29) is 11.9 Å². The van der Waals surface area contributed by atoms with Gasteiger partial charge in [-0.2, -0.15) is 0 Å². The highest BCUT2D eigenvalue weighted by Gasteiger charge is 2.10. The third kappa shape index (κ3) is 4.79. The molecule has 0 radical (unpaired) electrons. The fourth-order valence-corrected chi connectivity index (χ4v) is 2.36. The number of amides is 1. The topological polar surface area (TPSA) is 55.1 Å². The Balaban J connectivity index is 1.91. The summed E-state index contributed by atoms with van der Waals surface area (Å²) in [6.07, 6.45) is 2.56. The normalized spacial score (nSPS) is 12.1. The van der Waals surface area contributed by atoms with Gasteiger partial charge in [0.15, 0.2) is 5.76 Å². The molecule has 0 aliphatic carbocycles. The SMILES string of the molecule is CCC(C)NC(=O)CSc1ncc(-c2ccc(Cl)cc2)o1. The van der Waals surface area contributed by atoms with Gasteiger partial charge in [0.05, 0.1) is 11.9 Å². The lowest BCUT2D eigenvalue weighted by molar-refractivity contribution is -0.119. The zero-order chi connectivity index (χ0) is 15.2. The number of thioether (sulfide) groups is 1. The van der Waals surface area contributed by atoms with Crippen LogP contribution in [0.25, 0.3) is 11.3 Å². The molecule has 1 N–H and O–H groups in total. The molecule has 0 saturated heterocycles. The molecule has 21 heavy (non-hydrogen) atoms. The van der Waals surface area contributed by atoms with E-state index in [1.807, 2.05) is 26.0 Å². The number of carbonyl (C=O) groups is 1. The molecule has 0 bridgehead atoms. The van der Waals surface area contributed by atoms with Crippen LogP contribution >= 0.6 is 23.4 Å². The van der Waals surface area contributed by atoms with Gasteiger partial charge in [0.2, 0.25) is 5.91 Å². The number of aromatic nitrogens is 1. The van der Waals surface area contributed by atoms with Crippen LogP contribution < -0.4 is 5.32 Å². The van der Waals surface area contributed by atoms with Crippen molar-refractivity contribution >= 4 is 29.3 Å². The van der Waals surface area contributed by atoms with Gasteiger partial charge in [-0.25, -0.2) is 4.98 Å². The molecule has 0 aliphatic heterocycles. The lowest BCUT2D eigenvalue weighted by atomic mass is 10.2. The molecule has 0 aliphatic rings. The van der Waals surface area contributed by atoms with Crippen LogP contribution in [-0.4, -0.2) is 22.7 Å². The summed E-state index contributed by atoms with van der Waals surface area (Å²) in [5.74, 6) is 0.947. The van der Waals surface area contributed by atoms with Gasteiger partial charge in [-0.1, -0.05) is 30.3 Å². The average Bonchev–Trinajstić information content (AvgIpc) is 2.94. The summed E-state index contributed by atoms with van der Waals surface area (Å²) in [5.41, 5.74) is 0.905. The fourth-order valence-electron chi connectivity index (χ4n) is 1.62. The first kappa shape index (κ1) is 15.9. The predicted octanol–water partition coefficient (Wildman–Crippen LogP) is 4.00. The predicted molar refractivity (Wildman–Crippen MR) is 85.6 cm³/mol. The van der Waals surface area contributed by atoms with Crippen molar-refractivity contribution in [1.29, 1.82) is 0 Å². The monoisotopic (exact) mass is 324 g/mol. The minimum atomic E-state index is -0.0133. The van der Waals surface area contributed by atoms with E-state index in [4.69, 9.17) is 16.0 Å². The average molecular weight is 325 g/mol. The lowest BCUT2D eigenvalue weighted by Crippen LogP contribution is -2.33. The summed E-state index contributed by atoms with van der Waals surface area (Å²) in [4.78, 5) is 15.9. The molecule has 1 aromatic heterocycles. The number of rotatable bonds is 6. The van der Waals surface area contributed by atoms with Gasteiger partial charge in [0, 0.05) is 16.6 Å². The first-order valence-corrected chi connectivity index (χ1v) is 8.08. The molecular formula is C15H17ClN2O2S. The Morgan fingerprint density at radius 1 is 1.43 bits per heavy atom. The van der Waals surface area contributed by atoms with Crippen molar-refractivity contribution in [3.05, 3.63) is 35.5 Å². The molecule has 1 unspecified atom stereocenters. The van der Waals surface area contributed by atoms with E-state index >= 15 is 0 Å². The number of halogens is 1. The second-order valence-electron chi connectivity index (χ2n) is 4.66. The molecule has 1 heterocycles. The molecular weight excluding hydrogens is 308 g/mol.